The summed E-state index contributed by atoms with van der Waals surface area (Å²) in [5.74, 6) is 0.289. The summed E-state index contributed by atoms with van der Waals surface area (Å²) in [5.41, 5.74) is 2.43. The first-order valence-corrected chi connectivity index (χ1v) is 7.51. The van der Waals surface area contributed by atoms with Crippen molar-refractivity contribution in [3.05, 3.63) is 63.1 Å². The summed E-state index contributed by atoms with van der Waals surface area (Å²) in [5, 5.41) is 3.32. The van der Waals surface area contributed by atoms with Gasteiger partial charge in [-0.3, -0.25) is 4.79 Å². The molecule has 0 aliphatic heterocycles. The molecule has 0 aliphatic rings. The molecular formula is C16H15BrClNO. The van der Waals surface area contributed by atoms with Crippen LogP contribution >= 0.6 is 27.5 Å². The lowest BCUT2D eigenvalue weighted by molar-refractivity contribution is 0.102. The van der Waals surface area contributed by atoms with Crippen molar-refractivity contribution >= 4 is 39.1 Å². The SMILES string of the molecule is CC(C)c1ccc(C(=O)Nc2ccc(Br)cc2Cl)cc1. The van der Waals surface area contributed by atoms with E-state index in [-0.39, 0.29) is 5.91 Å². The Hall–Kier alpha value is -1.32. The van der Waals surface area contributed by atoms with E-state index in [1.165, 1.54) is 5.56 Å². The van der Waals surface area contributed by atoms with Crippen LogP contribution in [0.15, 0.2) is 46.9 Å². The van der Waals surface area contributed by atoms with Gasteiger partial charge in [0.2, 0.25) is 0 Å². The topological polar surface area (TPSA) is 29.1 Å². The number of amides is 1. The van der Waals surface area contributed by atoms with E-state index in [1.54, 1.807) is 12.1 Å². The molecule has 0 radical (unpaired) electrons. The molecule has 1 amide bonds. The Bertz CT molecular complexity index is 623. The summed E-state index contributed by atoms with van der Waals surface area (Å²) in [6.45, 7) is 4.24. The van der Waals surface area contributed by atoms with E-state index in [9.17, 15) is 4.79 Å². The molecule has 2 rings (SSSR count). The zero-order chi connectivity index (χ0) is 14.7. The fourth-order valence-corrected chi connectivity index (χ4v) is 2.53. The second-order valence-electron chi connectivity index (χ2n) is 4.86. The molecule has 2 aromatic rings. The predicted molar refractivity (Wildman–Crippen MR) is 87.6 cm³/mol. The number of rotatable bonds is 3. The Morgan fingerprint density at radius 3 is 2.35 bits per heavy atom. The lowest BCUT2D eigenvalue weighted by Gasteiger charge is -2.09. The third kappa shape index (κ3) is 3.62. The van der Waals surface area contributed by atoms with E-state index in [0.717, 1.165) is 4.47 Å². The molecule has 0 unspecified atom stereocenters. The minimum absolute atomic E-state index is 0.162. The molecule has 0 fully saturated rings. The van der Waals surface area contributed by atoms with Crippen LogP contribution in [0.3, 0.4) is 0 Å². The van der Waals surface area contributed by atoms with Gasteiger partial charge in [0.05, 0.1) is 10.7 Å². The van der Waals surface area contributed by atoms with E-state index in [0.29, 0.717) is 22.2 Å². The van der Waals surface area contributed by atoms with Crippen molar-refractivity contribution in [3.8, 4) is 0 Å². The Morgan fingerprint density at radius 1 is 1.15 bits per heavy atom. The van der Waals surface area contributed by atoms with Crippen molar-refractivity contribution in [1.29, 1.82) is 0 Å². The van der Waals surface area contributed by atoms with E-state index in [4.69, 9.17) is 11.6 Å². The first-order valence-electron chi connectivity index (χ1n) is 6.33. The second kappa shape index (κ2) is 6.42. The molecule has 2 nitrogen and oxygen atoms in total. The Labute approximate surface area is 132 Å². The average Bonchev–Trinajstić information content (AvgIpc) is 2.42. The lowest BCUT2D eigenvalue weighted by atomic mass is 10.0. The van der Waals surface area contributed by atoms with Crippen LogP contribution in [-0.4, -0.2) is 5.91 Å². The molecule has 0 aromatic heterocycles. The van der Waals surface area contributed by atoms with Crippen LogP contribution in [0.25, 0.3) is 0 Å². The van der Waals surface area contributed by atoms with Gasteiger partial charge in [-0.15, -0.1) is 0 Å². The van der Waals surface area contributed by atoms with Crippen molar-refractivity contribution in [2.75, 3.05) is 5.32 Å². The van der Waals surface area contributed by atoms with Gasteiger partial charge < -0.3 is 5.32 Å². The quantitative estimate of drug-likeness (QED) is 0.779. The summed E-state index contributed by atoms with van der Waals surface area (Å²) < 4.78 is 0.877. The minimum atomic E-state index is -0.162. The van der Waals surface area contributed by atoms with Gasteiger partial charge in [0, 0.05) is 10.0 Å². The van der Waals surface area contributed by atoms with E-state index in [2.05, 4.69) is 35.1 Å². The fourth-order valence-electron chi connectivity index (χ4n) is 1.80. The van der Waals surface area contributed by atoms with Crippen LogP contribution in [0.2, 0.25) is 5.02 Å². The smallest absolute Gasteiger partial charge is 0.255 e. The second-order valence-corrected chi connectivity index (χ2v) is 6.18. The molecule has 104 valence electrons. The highest BCUT2D eigenvalue weighted by Crippen LogP contribution is 2.26. The van der Waals surface area contributed by atoms with Gasteiger partial charge in [0.25, 0.3) is 5.91 Å². The van der Waals surface area contributed by atoms with Crippen LogP contribution < -0.4 is 5.32 Å². The molecule has 20 heavy (non-hydrogen) atoms. The largest absolute Gasteiger partial charge is 0.321 e. The first kappa shape index (κ1) is 15.1. The zero-order valence-electron chi connectivity index (χ0n) is 11.3. The van der Waals surface area contributed by atoms with E-state index >= 15 is 0 Å². The number of halogens is 2. The number of hydrogen-bond acceptors (Lipinski definition) is 1. The van der Waals surface area contributed by atoms with Gasteiger partial charge >= 0.3 is 0 Å². The molecule has 0 saturated carbocycles. The third-order valence-corrected chi connectivity index (χ3v) is 3.82. The van der Waals surface area contributed by atoms with Crippen LogP contribution in [-0.2, 0) is 0 Å². The maximum Gasteiger partial charge on any atom is 0.255 e. The van der Waals surface area contributed by atoms with Gasteiger partial charge in [0.1, 0.15) is 0 Å². The number of benzene rings is 2. The van der Waals surface area contributed by atoms with Crippen molar-refractivity contribution < 1.29 is 4.79 Å². The number of carbonyl (C=O) groups is 1. The van der Waals surface area contributed by atoms with Crippen LogP contribution in [0.1, 0.15) is 35.7 Å². The summed E-state index contributed by atoms with van der Waals surface area (Å²) >= 11 is 9.41. The number of hydrogen-bond donors (Lipinski definition) is 1. The van der Waals surface area contributed by atoms with E-state index < -0.39 is 0 Å². The minimum Gasteiger partial charge on any atom is -0.321 e. The maximum absolute atomic E-state index is 12.2. The molecule has 0 aliphatic carbocycles. The van der Waals surface area contributed by atoms with Gasteiger partial charge in [0.15, 0.2) is 0 Å². The fraction of sp³-hybridized carbons (Fsp3) is 0.188. The molecule has 4 heteroatoms. The molecular weight excluding hydrogens is 338 g/mol. The maximum atomic E-state index is 12.2. The van der Waals surface area contributed by atoms with Gasteiger partial charge in [-0.1, -0.05) is 53.5 Å². The zero-order valence-corrected chi connectivity index (χ0v) is 13.6. The number of carbonyl (C=O) groups excluding carboxylic acids is 1. The van der Waals surface area contributed by atoms with Crippen molar-refractivity contribution in [1.82, 2.24) is 0 Å². The monoisotopic (exact) mass is 351 g/mol. The molecule has 0 saturated heterocycles. The van der Waals surface area contributed by atoms with Crippen LogP contribution in [0.4, 0.5) is 5.69 Å². The Morgan fingerprint density at radius 2 is 1.80 bits per heavy atom. The van der Waals surface area contributed by atoms with Crippen LogP contribution in [0.5, 0.6) is 0 Å². The molecule has 0 spiro atoms. The molecule has 0 atom stereocenters. The molecule has 0 heterocycles. The van der Waals surface area contributed by atoms with Gasteiger partial charge in [-0.25, -0.2) is 0 Å². The Balaban J connectivity index is 2.15. The standard InChI is InChI=1S/C16H15BrClNO/c1-10(2)11-3-5-12(6-4-11)16(20)19-15-8-7-13(17)9-14(15)18/h3-10H,1-2H3,(H,19,20). The van der Waals surface area contributed by atoms with Gasteiger partial charge in [-0.2, -0.15) is 0 Å². The highest BCUT2D eigenvalue weighted by molar-refractivity contribution is 9.10. The first-order chi connectivity index (χ1) is 9.47. The van der Waals surface area contributed by atoms with Crippen LogP contribution in [0, 0.1) is 0 Å². The summed E-state index contributed by atoms with van der Waals surface area (Å²) in [6, 6.07) is 13.0. The van der Waals surface area contributed by atoms with Crippen molar-refractivity contribution in [2.45, 2.75) is 19.8 Å². The van der Waals surface area contributed by atoms with Gasteiger partial charge in [-0.05, 0) is 41.8 Å². The van der Waals surface area contributed by atoms with Crippen molar-refractivity contribution in [2.24, 2.45) is 0 Å². The third-order valence-electron chi connectivity index (χ3n) is 3.02. The summed E-state index contributed by atoms with van der Waals surface area (Å²) in [7, 11) is 0. The predicted octanol–water partition coefficient (Wildman–Crippen LogP) is 5.48. The number of nitrogens with one attached hydrogen (secondary N) is 1. The normalized spacial score (nSPS) is 10.7. The molecule has 0 bridgehead atoms. The van der Waals surface area contributed by atoms with Crippen molar-refractivity contribution in [3.63, 3.8) is 0 Å². The number of anilines is 1. The highest BCUT2D eigenvalue weighted by Gasteiger charge is 2.09. The molecule has 1 N–H and O–H groups in total. The Kier molecular flexibility index (Phi) is 4.84. The summed E-state index contributed by atoms with van der Waals surface area (Å²) in [6.07, 6.45) is 0. The van der Waals surface area contributed by atoms with E-state index in [1.807, 2.05) is 30.3 Å². The average molecular weight is 353 g/mol. The lowest BCUT2D eigenvalue weighted by Crippen LogP contribution is -2.12. The highest BCUT2D eigenvalue weighted by atomic mass is 79.9. The molecule has 2 aromatic carbocycles. The summed E-state index contributed by atoms with van der Waals surface area (Å²) in [4.78, 5) is 12.2.